The number of benzene rings is 1. The maximum atomic E-state index is 13.7. The molecule has 0 saturated carbocycles. The van der Waals surface area contributed by atoms with Gasteiger partial charge in [-0.15, -0.1) is 11.3 Å². The molecule has 1 amide bonds. The van der Waals surface area contributed by atoms with Crippen molar-refractivity contribution in [2.75, 3.05) is 20.1 Å². The molecule has 3 nitrogen and oxygen atoms in total. The van der Waals surface area contributed by atoms with E-state index >= 15 is 0 Å². The number of carbonyl (C=O) groups is 1. The number of thiophene rings is 1. The zero-order chi connectivity index (χ0) is 15.5. The van der Waals surface area contributed by atoms with E-state index in [0.717, 1.165) is 13.0 Å². The van der Waals surface area contributed by atoms with E-state index in [1.165, 1.54) is 16.5 Å². The van der Waals surface area contributed by atoms with Gasteiger partial charge >= 0.3 is 0 Å². The lowest BCUT2D eigenvalue weighted by atomic mass is 10.1. The maximum Gasteiger partial charge on any atom is 0.237 e. The molecule has 116 valence electrons. The van der Waals surface area contributed by atoms with Crippen LogP contribution in [0.1, 0.15) is 16.0 Å². The SMILES string of the molecule is CN(CC(=O)N1CCc2sccc2C1)Cc1ccccc1F. The summed E-state index contributed by atoms with van der Waals surface area (Å²) >= 11 is 1.77. The van der Waals surface area contributed by atoms with Crippen molar-refractivity contribution in [3.8, 4) is 0 Å². The van der Waals surface area contributed by atoms with E-state index in [1.54, 1.807) is 23.5 Å². The molecule has 2 heterocycles. The van der Waals surface area contributed by atoms with Crippen LogP contribution in [-0.2, 0) is 24.3 Å². The number of hydrogen-bond donors (Lipinski definition) is 0. The first kappa shape index (κ1) is 15.2. The first-order valence-electron chi connectivity index (χ1n) is 7.38. The summed E-state index contributed by atoms with van der Waals surface area (Å²) in [5.74, 6) is -0.113. The Morgan fingerprint density at radius 2 is 2.18 bits per heavy atom. The summed E-state index contributed by atoms with van der Waals surface area (Å²) in [6.07, 6.45) is 0.940. The van der Waals surface area contributed by atoms with E-state index in [2.05, 4.69) is 11.4 Å². The molecule has 0 atom stereocenters. The number of rotatable bonds is 4. The number of halogens is 1. The van der Waals surface area contributed by atoms with Gasteiger partial charge in [0.15, 0.2) is 0 Å². The summed E-state index contributed by atoms with van der Waals surface area (Å²) in [5.41, 5.74) is 1.89. The van der Waals surface area contributed by atoms with Crippen LogP contribution in [0.5, 0.6) is 0 Å². The smallest absolute Gasteiger partial charge is 0.237 e. The minimum absolute atomic E-state index is 0.107. The zero-order valence-electron chi connectivity index (χ0n) is 12.6. The quantitative estimate of drug-likeness (QED) is 0.865. The molecule has 3 rings (SSSR count). The van der Waals surface area contributed by atoms with Gasteiger partial charge in [0.2, 0.25) is 5.91 Å². The second-order valence-corrected chi connectivity index (χ2v) is 6.70. The van der Waals surface area contributed by atoms with E-state index in [1.807, 2.05) is 22.9 Å². The minimum Gasteiger partial charge on any atom is -0.337 e. The Kier molecular flexibility index (Phi) is 4.55. The van der Waals surface area contributed by atoms with Gasteiger partial charge in [-0.1, -0.05) is 18.2 Å². The van der Waals surface area contributed by atoms with Crippen LogP contribution >= 0.6 is 11.3 Å². The Labute approximate surface area is 134 Å². The summed E-state index contributed by atoms with van der Waals surface area (Å²) in [7, 11) is 1.85. The largest absolute Gasteiger partial charge is 0.337 e. The monoisotopic (exact) mass is 318 g/mol. The van der Waals surface area contributed by atoms with Gasteiger partial charge in [0.1, 0.15) is 5.82 Å². The van der Waals surface area contributed by atoms with Crippen molar-refractivity contribution in [1.29, 1.82) is 0 Å². The fraction of sp³-hybridized carbons (Fsp3) is 0.353. The van der Waals surface area contributed by atoms with Crippen molar-refractivity contribution in [1.82, 2.24) is 9.80 Å². The molecule has 1 aliphatic heterocycles. The summed E-state index contributed by atoms with van der Waals surface area (Å²) in [4.78, 5) is 17.6. The number of likely N-dealkylation sites (N-methyl/N-ethyl adjacent to an activating group) is 1. The average Bonchev–Trinajstić information content (AvgIpc) is 2.97. The lowest BCUT2D eigenvalue weighted by Crippen LogP contribution is -2.41. The van der Waals surface area contributed by atoms with Crippen molar-refractivity contribution in [2.24, 2.45) is 0 Å². The van der Waals surface area contributed by atoms with Gasteiger partial charge in [-0.25, -0.2) is 4.39 Å². The van der Waals surface area contributed by atoms with Gasteiger partial charge in [-0.2, -0.15) is 0 Å². The fourth-order valence-electron chi connectivity index (χ4n) is 2.77. The Morgan fingerprint density at radius 1 is 1.36 bits per heavy atom. The van der Waals surface area contributed by atoms with Crippen molar-refractivity contribution in [2.45, 2.75) is 19.5 Å². The molecule has 5 heteroatoms. The van der Waals surface area contributed by atoms with E-state index in [0.29, 0.717) is 25.2 Å². The molecule has 1 aliphatic rings. The van der Waals surface area contributed by atoms with Crippen LogP contribution in [0.2, 0.25) is 0 Å². The highest BCUT2D eigenvalue weighted by atomic mass is 32.1. The predicted octanol–water partition coefficient (Wildman–Crippen LogP) is 2.90. The highest BCUT2D eigenvalue weighted by Gasteiger charge is 2.22. The van der Waals surface area contributed by atoms with Gasteiger partial charge in [0.25, 0.3) is 0 Å². The fourth-order valence-corrected chi connectivity index (χ4v) is 3.66. The lowest BCUT2D eigenvalue weighted by Gasteiger charge is -2.29. The highest BCUT2D eigenvalue weighted by molar-refractivity contribution is 7.10. The van der Waals surface area contributed by atoms with Gasteiger partial charge in [0, 0.05) is 30.1 Å². The van der Waals surface area contributed by atoms with Crippen molar-refractivity contribution >= 4 is 17.2 Å². The van der Waals surface area contributed by atoms with Crippen LogP contribution in [0.3, 0.4) is 0 Å². The lowest BCUT2D eigenvalue weighted by molar-refractivity contribution is -0.133. The van der Waals surface area contributed by atoms with E-state index in [-0.39, 0.29) is 11.7 Å². The minimum atomic E-state index is -0.220. The number of carbonyl (C=O) groups excluding carboxylic acids is 1. The van der Waals surface area contributed by atoms with Gasteiger partial charge in [-0.05, 0) is 36.5 Å². The molecule has 1 aromatic carbocycles. The first-order valence-corrected chi connectivity index (χ1v) is 8.26. The zero-order valence-corrected chi connectivity index (χ0v) is 13.4. The molecule has 2 aromatic rings. The maximum absolute atomic E-state index is 13.7. The summed E-state index contributed by atoms with van der Waals surface area (Å²) in [5, 5.41) is 2.09. The van der Waals surface area contributed by atoms with Crippen molar-refractivity contribution in [3.05, 3.63) is 57.5 Å². The Bertz CT molecular complexity index is 670. The topological polar surface area (TPSA) is 23.6 Å². The van der Waals surface area contributed by atoms with Gasteiger partial charge in [-0.3, -0.25) is 9.69 Å². The van der Waals surface area contributed by atoms with Gasteiger partial charge in [0.05, 0.1) is 6.54 Å². The summed E-state index contributed by atoms with van der Waals surface area (Å²) in [6, 6.07) is 8.80. The van der Waals surface area contributed by atoms with Gasteiger partial charge < -0.3 is 4.90 Å². The first-order chi connectivity index (χ1) is 10.6. The van der Waals surface area contributed by atoms with Crippen LogP contribution in [0.4, 0.5) is 4.39 Å². The molecule has 0 unspecified atom stereocenters. The molecule has 0 spiro atoms. The average molecular weight is 318 g/mol. The van der Waals surface area contributed by atoms with Crippen LogP contribution < -0.4 is 0 Å². The Hall–Kier alpha value is -1.72. The van der Waals surface area contributed by atoms with Crippen LogP contribution in [0.15, 0.2) is 35.7 Å². The predicted molar refractivity (Wildman–Crippen MR) is 86.2 cm³/mol. The summed E-state index contributed by atoms with van der Waals surface area (Å²) in [6.45, 7) is 2.23. The molecule has 22 heavy (non-hydrogen) atoms. The van der Waals surface area contributed by atoms with Crippen molar-refractivity contribution < 1.29 is 9.18 Å². The van der Waals surface area contributed by atoms with E-state index in [4.69, 9.17) is 0 Å². The number of nitrogens with zero attached hydrogens (tertiary/aromatic N) is 2. The second-order valence-electron chi connectivity index (χ2n) is 5.70. The molecule has 0 radical (unpaired) electrons. The molecule has 0 fully saturated rings. The second kappa shape index (κ2) is 6.58. The standard InChI is InChI=1S/C17H19FN2OS/c1-19(10-13-4-2-3-5-15(13)18)12-17(21)20-8-6-16-14(11-20)7-9-22-16/h2-5,7,9H,6,8,10-12H2,1H3. The third-order valence-corrected chi connectivity index (χ3v) is 4.99. The molecule has 1 aromatic heterocycles. The number of amides is 1. The molecular formula is C17H19FN2OS. The van der Waals surface area contributed by atoms with E-state index < -0.39 is 0 Å². The number of hydrogen-bond acceptors (Lipinski definition) is 3. The Balaban J connectivity index is 1.57. The third-order valence-electron chi connectivity index (χ3n) is 3.96. The molecule has 0 N–H and O–H groups in total. The third kappa shape index (κ3) is 3.36. The normalized spacial score (nSPS) is 14.2. The number of fused-ring (bicyclic) bond motifs is 1. The molecule has 0 bridgehead atoms. The molecule has 0 saturated heterocycles. The van der Waals surface area contributed by atoms with Crippen molar-refractivity contribution in [3.63, 3.8) is 0 Å². The highest BCUT2D eigenvalue weighted by Crippen LogP contribution is 2.24. The van der Waals surface area contributed by atoms with Crippen LogP contribution in [-0.4, -0.2) is 35.8 Å². The van der Waals surface area contributed by atoms with Crippen LogP contribution in [0, 0.1) is 5.82 Å². The molecular weight excluding hydrogens is 299 g/mol. The van der Waals surface area contributed by atoms with Crippen LogP contribution in [0.25, 0.3) is 0 Å². The van der Waals surface area contributed by atoms with E-state index in [9.17, 15) is 9.18 Å². The molecule has 0 aliphatic carbocycles. The Morgan fingerprint density at radius 3 is 3.00 bits per heavy atom. The summed E-state index contributed by atoms with van der Waals surface area (Å²) < 4.78 is 13.7.